The highest BCUT2D eigenvalue weighted by Gasteiger charge is 1.00. The van der Waals surface area contributed by atoms with Crippen molar-refractivity contribution < 1.29 is 9.84 Å². The summed E-state index contributed by atoms with van der Waals surface area (Å²) in [6.45, 7) is 0. The summed E-state index contributed by atoms with van der Waals surface area (Å²) >= 11 is 0. The highest BCUT2D eigenvalue weighted by atomic mass is 19.3. The molecule has 0 aromatic heterocycles. The number of rotatable bonds is 0. The molecule has 3 heteroatoms. The lowest BCUT2D eigenvalue weighted by Gasteiger charge is -1.00. The van der Waals surface area contributed by atoms with Gasteiger partial charge in [-0.05, 0) is 4.53 Å². The predicted molar refractivity (Wildman–Crippen MR) is 13.5 cm³/mol. The Kier molecular flexibility index (Phi) is 4690. The quantitative estimate of drug-likeness (QED) is 0.454. The molecular weight excluding hydrogens is 61.0 g/mol. The third-order valence-electron chi connectivity index (χ3n) is 0. The van der Waals surface area contributed by atoms with E-state index in [1.807, 2.05) is 0 Å². The molecule has 1 radical (unpaired) electrons. The van der Waals surface area contributed by atoms with Gasteiger partial charge in [-0.1, -0.05) is 7.43 Å². The van der Waals surface area contributed by atoms with Crippen LogP contribution in [0.4, 0.5) is 4.53 Å². The maximum atomic E-state index is 8.25. The van der Waals surface area contributed by atoms with Crippen molar-refractivity contribution in [3.8, 4) is 0 Å². The van der Waals surface area contributed by atoms with E-state index >= 15 is 0 Å². The summed E-state index contributed by atoms with van der Waals surface area (Å²) in [7, 11) is 0. The van der Waals surface area contributed by atoms with Gasteiger partial charge in [-0.25, -0.2) is 0 Å². The highest BCUT2D eigenvalue weighted by Crippen LogP contribution is 1.19. The average Bonchev–Trinajstić information content (AvgIpc) is 1.00. The van der Waals surface area contributed by atoms with Crippen LogP contribution < -0.4 is 6.15 Å². The van der Waals surface area contributed by atoms with Crippen LogP contribution in [0.2, 0.25) is 0 Å². The van der Waals surface area contributed by atoms with Gasteiger partial charge in [-0.2, -0.15) is 0 Å². The van der Waals surface area contributed by atoms with Gasteiger partial charge in [-0.3, -0.25) is 0 Å². The van der Waals surface area contributed by atoms with Crippen molar-refractivity contribution >= 4 is 0 Å². The summed E-state index contributed by atoms with van der Waals surface area (Å²) in [6, 6.07) is 0. The van der Waals surface area contributed by atoms with Gasteiger partial charge in [-0.15, -0.1) is 0 Å². The molecule has 0 unspecified atom stereocenters. The molecule has 0 amide bonds. The molecule has 0 spiro atoms. The first-order valence-electron chi connectivity index (χ1n) is 0.154. The molecule has 0 atom stereocenters. The molecule has 0 fully saturated rings. The van der Waals surface area contributed by atoms with E-state index in [0.717, 1.165) is 0 Å². The zero-order chi connectivity index (χ0) is 2.00. The number of hydrogen-bond donors (Lipinski definition) is 1. The molecule has 0 heterocycles. The summed E-state index contributed by atoms with van der Waals surface area (Å²) in [5.41, 5.74) is 0. The molecule has 29 valence electrons. The third kappa shape index (κ3) is 59.4. The predicted octanol–water partition coefficient (Wildman–Crippen LogP) is 1.10. The lowest BCUT2D eigenvalue weighted by Crippen LogP contribution is -0.885. The van der Waals surface area contributed by atoms with E-state index in [1.54, 1.807) is 0 Å². The van der Waals surface area contributed by atoms with E-state index in [0.29, 0.717) is 0 Å². The van der Waals surface area contributed by atoms with Crippen molar-refractivity contribution in [1.29, 1.82) is 0 Å². The minimum atomic E-state index is 0. The highest BCUT2D eigenvalue weighted by molar-refractivity contribution is 2.50. The fourth-order valence-electron chi connectivity index (χ4n) is 0. The summed E-state index contributed by atoms with van der Waals surface area (Å²) in [5.74, 6) is 0. The zero-order valence-corrected chi connectivity index (χ0v) is 1.49. The van der Waals surface area contributed by atoms with Crippen LogP contribution in [-0.2, 0) is 5.31 Å². The van der Waals surface area contributed by atoms with Crippen molar-refractivity contribution in [1.82, 2.24) is 6.15 Å². The van der Waals surface area contributed by atoms with Crippen LogP contribution in [0.5, 0.6) is 0 Å². The normalized spacial score (nSPS) is 1.50. The SMILES string of the molecule is C.N.[O]F. The van der Waals surface area contributed by atoms with Crippen LogP contribution in [0.15, 0.2) is 0 Å². The third-order valence-corrected chi connectivity index (χ3v) is 0. The lowest BCUT2D eigenvalue weighted by molar-refractivity contribution is -0.125. The van der Waals surface area contributed by atoms with E-state index in [9.17, 15) is 0 Å². The van der Waals surface area contributed by atoms with E-state index in [1.165, 1.54) is 0 Å². The second-order valence-corrected chi connectivity index (χ2v) is 0. The molecule has 0 aliphatic heterocycles. The van der Waals surface area contributed by atoms with Crippen molar-refractivity contribution in [3.05, 3.63) is 0 Å². The molecule has 0 bridgehead atoms. The summed E-state index contributed by atoms with van der Waals surface area (Å²) in [4.78, 5) is 0. The Hall–Kier alpha value is -0.150. The standard InChI is InChI=1S/CH4.FO.H3N/c;1-2;/h1H4;;1H3. The maximum Gasteiger partial charge on any atom is 0.0122 e. The Balaban J connectivity index is -0.00000000500. The van der Waals surface area contributed by atoms with Crippen LogP contribution in [-0.4, -0.2) is 0 Å². The van der Waals surface area contributed by atoms with Crippen LogP contribution in [0.3, 0.4) is 0 Å². The molecule has 0 aromatic carbocycles. The van der Waals surface area contributed by atoms with E-state index < -0.39 is 0 Å². The molecular formula is CH7FNO. The van der Waals surface area contributed by atoms with Crippen molar-refractivity contribution in [2.24, 2.45) is 0 Å². The molecule has 3 N–H and O–H groups in total. The Morgan fingerprint density at radius 1 is 1.25 bits per heavy atom. The number of halogens is 1. The van der Waals surface area contributed by atoms with Gasteiger partial charge in [0.15, 0.2) is 0 Å². The first-order chi connectivity index (χ1) is 1.00. The van der Waals surface area contributed by atoms with Crippen LogP contribution >= 0.6 is 0 Å². The first-order valence-corrected chi connectivity index (χ1v) is 0.154. The second kappa shape index (κ2) is 434. The van der Waals surface area contributed by atoms with Gasteiger partial charge in [0, 0.05) is 5.31 Å². The summed E-state index contributed by atoms with van der Waals surface area (Å²) < 4.78 is 8.25. The fraction of sp³-hybridized carbons (Fsp3) is 1.00. The molecule has 2 nitrogen and oxygen atoms in total. The zero-order valence-electron chi connectivity index (χ0n) is 1.49. The smallest absolute Gasteiger partial charge is 0.0122 e. The molecule has 0 aliphatic rings. The van der Waals surface area contributed by atoms with E-state index in [4.69, 9.17) is 9.84 Å². The van der Waals surface area contributed by atoms with Gasteiger partial charge < -0.3 is 6.15 Å². The van der Waals surface area contributed by atoms with Crippen LogP contribution in [0.1, 0.15) is 7.43 Å². The van der Waals surface area contributed by atoms with Crippen molar-refractivity contribution in [2.75, 3.05) is 0 Å². The molecule has 4 heavy (non-hydrogen) atoms. The molecule has 0 aliphatic carbocycles. The minimum absolute atomic E-state index is 0. The lowest BCUT2D eigenvalue weighted by atomic mass is 12.0. The Morgan fingerprint density at radius 3 is 1.25 bits per heavy atom. The minimum Gasteiger partial charge on any atom is -0.344 e. The Bertz CT molecular complexity index is 8.00. The largest absolute Gasteiger partial charge is 0.344 e. The average molecular weight is 68.1 g/mol. The summed E-state index contributed by atoms with van der Waals surface area (Å²) in [5, 5.41) is 6.75. The summed E-state index contributed by atoms with van der Waals surface area (Å²) in [6.07, 6.45) is 0. The number of hydrogen-bond acceptors (Lipinski definition) is 1. The maximum absolute atomic E-state index is 8.25. The monoisotopic (exact) mass is 68.1 g/mol. The fourth-order valence-corrected chi connectivity index (χ4v) is 0. The van der Waals surface area contributed by atoms with Crippen LogP contribution in [0, 0.1) is 0 Å². The topological polar surface area (TPSA) is 54.9 Å². The van der Waals surface area contributed by atoms with Crippen molar-refractivity contribution in [2.45, 2.75) is 7.43 Å². The second-order valence-electron chi connectivity index (χ2n) is 0. The van der Waals surface area contributed by atoms with Crippen molar-refractivity contribution in [3.63, 3.8) is 0 Å². The molecule has 0 rings (SSSR count). The van der Waals surface area contributed by atoms with Gasteiger partial charge >= 0.3 is 0 Å². The van der Waals surface area contributed by atoms with Crippen LogP contribution in [0.25, 0.3) is 0 Å². The Morgan fingerprint density at radius 2 is 1.25 bits per heavy atom. The van der Waals surface area contributed by atoms with Gasteiger partial charge in [0.25, 0.3) is 0 Å². The van der Waals surface area contributed by atoms with Gasteiger partial charge in [0.1, 0.15) is 0 Å². The molecule has 0 saturated heterocycles. The van der Waals surface area contributed by atoms with Gasteiger partial charge in [0.05, 0.1) is 0 Å². The van der Waals surface area contributed by atoms with E-state index in [2.05, 4.69) is 0 Å². The first kappa shape index (κ1) is 43.3. The van der Waals surface area contributed by atoms with Gasteiger partial charge in [0.2, 0.25) is 0 Å². The molecule has 0 saturated carbocycles. The Labute approximate surface area is 24.7 Å². The molecule has 0 aromatic rings. The van der Waals surface area contributed by atoms with E-state index in [-0.39, 0.29) is 13.6 Å².